The number of anilines is 1. The first kappa shape index (κ1) is 12.7. The Labute approximate surface area is 109 Å². The fraction of sp³-hybridized carbons (Fsp3) is 0.231. The molecule has 1 amide bonds. The zero-order valence-corrected chi connectivity index (χ0v) is 11.0. The molecular formula is C13H13FN2OS. The van der Waals surface area contributed by atoms with Crippen molar-refractivity contribution in [2.24, 2.45) is 0 Å². The SMILES string of the molecule is Cc1ccc(NC(=O)Cc2csc(C)n2)c(F)c1. The number of aryl methyl sites for hydroxylation is 2. The molecule has 2 rings (SSSR count). The molecule has 0 unspecified atom stereocenters. The molecule has 1 heterocycles. The fourth-order valence-electron chi connectivity index (χ4n) is 1.57. The topological polar surface area (TPSA) is 42.0 Å². The zero-order valence-electron chi connectivity index (χ0n) is 10.2. The second-order valence-corrected chi connectivity index (χ2v) is 5.13. The maximum Gasteiger partial charge on any atom is 0.230 e. The third kappa shape index (κ3) is 3.13. The molecule has 0 saturated heterocycles. The Morgan fingerprint density at radius 1 is 1.44 bits per heavy atom. The first-order valence-corrected chi connectivity index (χ1v) is 6.39. The van der Waals surface area contributed by atoms with Gasteiger partial charge in [-0.3, -0.25) is 4.79 Å². The molecule has 0 radical (unpaired) electrons. The van der Waals surface area contributed by atoms with Crippen LogP contribution in [0, 0.1) is 19.7 Å². The van der Waals surface area contributed by atoms with Gasteiger partial charge in [-0.2, -0.15) is 0 Å². The molecule has 0 aliphatic rings. The van der Waals surface area contributed by atoms with Crippen LogP contribution < -0.4 is 5.32 Å². The largest absolute Gasteiger partial charge is 0.323 e. The molecule has 0 bridgehead atoms. The van der Waals surface area contributed by atoms with Crippen molar-refractivity contribution in [1.82, 2.24) is 4.98 Å². The van der Waals surface area contributed by atoms with E-state index in [9.17, 15) is 9.18 Å². The molecule has 1 N–H and O–H groups in total. The second-order valence-electron chi connectivity index (χ2n) is 4.07. The zero-order chi connectivity index (χ0) is 13.1. The number of carbonyl (C=O) groups excluding carboxylic acids is 1. The molecule has 0 fully saturated rings. The van der Waals surface area contributed by atoms with Crippen molar-refractivity contribution in [2.45, 2.75) is 20.3 Å². The van der Waals surface area contributed by atoms with Gasteiger partial charge in [0, 0.05) is 5.38 Å². The maximum absolute atomic E-state index is 13.5. The van der Waals surface area contributed by atoms with Crippen LogP contribution in [-0.2, 0) is 11.2 Å². The van der Waals surface area contributed by atoms with Gasteiger partial charge in [0.2, 0.25) is 5.91 Å². The van der Waals surface area contributed by atoms with Gasteiger partial charge >= 0.3 is 0 Å². The Kier molecular flexibility index (Phi) is 3.72. The number of hydrogen-bond donors (Lipinski definition) is 1. The van der Waals surface area contributed by atoms with E-state index in [1.165, 1.54) is 17.4 Å². The summed E-state index contributed by atoms with van der Waals surface area (Å²) in [5.41, 5.74) is 1.74. The van der Waals surface area contributed by atoms with E-state index in [-0.39, 0.29) is 18.0 Å². The van der Waals surface area contributed by atoms with Crippen LogP contribution in [-0.4, -0.2) is 10.9 Å². The monoisotopic (exact) mass is 264 g/mol. The van der Waals surface area contributed by atoms with E-state index in [0.717, 1.165) is 10.6 Å². The summed E-state index contributed by atoms with van der Waals surface area (Å²) < 4.78 is 13.5. The molecule has 0 aliphatic carbocycles. The van der Waals surface area contributed by atoms with Crippen LogP contribution in [0.1, 0.15) is 16.3 Å². The quantitative estimate of drug-likeness (QED) is 0.925. The third-order valence-electron chi connectivity index (χ3n) is 2.41. The highest BCUT2D eigenvalue weighted by Crippen LogP contribution is 2.16. The molecule has 3 nitrogen and oxygen atoms in total. The predicted octanol–water partition coefficient (Wildman–Crippen LogP) is 3.08. The lowest BCUT2D eigenvalue weighted by atomic mass is 10.2. The minimum absolute atomic E-state index is 0.164. The Balaban J connectivity index is 2.03. The van der Waals surface area contributed by atoms with Crippen molar-refractivity contribution < 1.29 is 9.18 Å². The summed E-state index contributed by atoms with van der Waals surface area (Å²) in [5, 5.41) is 5.30. The Morgan fingerprint density at radius 3 is 2.83 bits per heavy atom. The summed E-state index contributed by atoms with van der Waals surface area (Å²) in [6, 6.07) is 4.71. The Morgan fingerprint density at radius 2 is 2.22 bits per heavy atom. The average Bonchev–Trinajstić information content (AvgIpc) is 2.68. The number of hydrogen-bond acceptors (Lipinski definition) is 3. The van der Waals surface area contributed by atoms with Gasteiger partial charge in [-0.25, -0.2) is 9.37 Å². The summed E-state index contributed by atoms with van der Waals surface area (Å²) in [5.74, 6) is -0.680. The Bertz CT molecular complexity index is 580. The van der Waals surface area contributed by atoms with Crippen molar-refractivity contribution >= 4 is 22.9 Å². The molecule has 18 heavy (non-hydrogen) atoms. The van der Waals surface area contributed by atoms with E-state index in [1.807, 2.05) is 12.3 Å². The van der Waals surface area contributed by atoms with Crippen LogP contribution in [0.3, 0.4) is 0 Å². The lowest BCUT2D eigenvalue weighted by molar-refractivity contribution is -0.115. The van der Waals surface area contributed by atoms with Crippen molar-refractivity contribution in [3.63, 3.8) is 0 Å². The number of thiazole rings is 1. The lowest BCUT2D eigenvalue weighted by Gasteiger charge is -2.06. The number of nitrogens with zero attached hydrogens (tertiary/aromatic N) is 1. The summed E-state index contributed by atoms with van der Waals surface area (Å²) >= 11 is 1.49. The van der Waals surface area contributed by atoms with E-state index >= 15 is 0 Å². The third-order valence-corrected chi connectivity index (χ3v) is 3.23. The highest BCUT2D eigenvalue weighted by Gasteiger charge is 2.09. The van der Waals surface area contributed by atoms with Gasteiger partial charge in [-0.05, 0) is 31.5 Å². The molecule has 0 aliphatic heterocycles. The minimum Gasteiger partial charge on any atom is -0.323 e. The Hall–Kier alpha value is -1.75. The van der Waals surface area contributed by atoms with Crippen LogP contribution >= 0.6 is 11.3 Å². The molecule has 1 aromatic carbocycles. The van der Waals surface area contributed by atoms with Gasteiger partial charge in [0.25, 0.3) is 0 Å². The predicted molar refractivity (Wildman–Crippen MR) is 70.3 cm³/mol. The number of rotatable bonds is 3. The van der Waals surface area contributed by atoms with Gasteiger partial charge in [-0.1, -0.05) is 6.07 Å². The molecule has 0 saturated carbocycles. The molecule has 0 atom stereocenters. The van der Waals surface area contributed by atoms with Crippen LogP contribution in [0.5, 0.6) is 0 Å². The molecule has 0 spiro atoms. The van der Waals surface area contributed by atoms with Crippen LogP contribution in [0.2, 0.25) is 0 Å². The number of amides is 1. The van der Waals surface area contributed by atoms with Crippen molar-refractivity contribution in [1.29, 1.82) is 0 Å². The smallest absolute Gasteiger partial charge is 0.230 e. The van der Waals surface area contributed by atoms with E-state index < -0.39 is 5.82 Å². The summed E-state index contributed by atoms with van der Waals surface area (Å²) in [7, 11) is 0. The van der Waals surface area contributed by atoms with E-state index in [0.29, 0.717) is 5.69 Å². The number of nitrogens with one attached hydrogen (secondary N) is 1. The van der Waals surface area contributed by atoms with E-state index in [4.69, 9.17) is 0 Å². The number of carbonyl (C=O) groups is 1. The highest BCUT2D eigenvalue weighted by atomic mass is 32.1. The van der Waals surface area contributed by atoms with Gasteiger partial charge in [-0.15, -0.1) is 11.3 Å². The van der Waals surface area contributed by atoms with Gasteiger partial charge < -0.3 is 5.32 Å². The molecule has 2 aromatic rings. The lowest BCUT2D eigenvalue weighted by Crippen LogP contribution is -2.15. The number of aromatic nitrogens is 1. The molecule has 5 heteroatoms. The fourth-order valence-corrected chi connectivity index (χ4v) is 2.18. The summed E-state index contributed by atoms with van der Waals surface area (Å²) in [4.78, 5) is 15.9. The normalized spacial score (nSPS) is 10.4. The van der Waals surface area contributed by atoms with Crippen LogP contribution in [0.4, 0.5) is 10.1 Å². The van der Waals surface area contributed by atoms with Gasteiger partial charge in [0.05, 0.1) is 22.8 Å². The van der Waals surface area contributed by atoms with E-state index in [2.05, 4.69) is 10.3 Å². The molecule has 1 aromatic heterocycles. The van der Waals surface area contributed by atoms with Gasteiger partial charge in [0.1, 0.15) is 5.82 Å². The van der Waals surface area contributed by atoms with Crippen LogP contribution in [0.15, 0.2) is 23.6 Å². The van der Waals surface area contributed by atoms with Crippen molar-refractivity contribution in [3.8, 4) is 0 Å². The maximum atomic E-state index is 13.5. The van der Waals surface area contributed by atoms with E-state index in [1.54, 1.807) is 19.1 Å². The average molecular weight is 264 g/mol. The number of halogens is 1. The molecular weight excluding hydrogens is 251 g/mol. The first-order valence-electron chi connectivity index (χ1n) is 5.51. The van der Waals surface area contributed by atoms with Gasteiger partial charge in [0.15, 0.2) is 0 Å². The second kappa shape index (κ2) is 5.27. The van der Waals surface area contributed by atoms with Crippen LogP contribution in [0.25, 0.3) is 0 Å². The van der Waals surface area contributed by atoms with Crippen molar-refractivity contribution in [2.75, 3.05) is 5.32 Å². The number of benzene rings is 1. The summed E-state index contributed by atoms with van der Waals surface area (Å²) in [6.07, 6.45) is 0.164. The molecule has 94 valence electrons. The summed E-state index contributed by atoms with van der Waals surface area (Å²) in [6.45, 7) is 3.68. The first-order chi connectivity index (χ1) is 8.54. The minimum atomic E-state index is -0.419. The standard InChI is InChI=1S/C13H13FN2OS/c1-8-3-4-12(11(14)5-8)16-13(17)6-10-7-18-9(2)15-10/h3-5,7H,6H2,1-2H3,(H,16,17). The highest BCUT2D eigenvalue weighted by molar-refractivity contribution is 7.09. The van der Waals surface area contributed by atoms with Crippen molar-refractivity contribution in [3.05, 3.63) is 45.7 Å².